The van der Waals surface area contributed by atoms with E-state index in [-0.39, 0.29) is 25.8 Å². The molecule has 10 aromatic carbocycles. The van der Waals surface area contributed by atoms with Gasteiger partial charge in [-0.2, -0.15) is 0 Å². The van der Waals surface area contributed by atoms with Crippen molar-refractivity contribution in [2.45, 2.75) is 51.4 Å². The largest absolute Gasteiger partial charge is 0.0618 e. The molecule has 0 saturated carbocycles. The van der Waals surface area contributed by atoms with Crippen molar-refractivity contribution in [1.82, 2.24) is 0 Å². The number of rotatable bonds is 4. The first-order chi connectivity index (χ1) is 29.9. The van der Waals surface area contributed by atoms with Crippen LogP contribution >= 0.6 is 0 Å². The maximum atomic E-state index is 2.62. The summed E-state index contributed by atoms with van der Waals surface area (Å²) in [5, 5.41) is 10.4. The van der Waals surface area contributed by atoms with E-state index in [4.69, 9.17) is 0 Å². The van der Waals surface area contributed by atoms with Crippen molar-refractivity contribution in [3.8, 4) is 11.1 Å². The van der Waals surface area contributed by atoms with Crippen LogP contribution in [-0.4, -0.2) is 15.0 Å². The Morgan fingerprint density at radius 2 is 0.869 bits per heavy atom. The number of para-hydroxylation sites is 3. The Hall–Kier alpha value is -6.38. The normalized spacial score (nSPS) is 15.5. The summed E-state index contributed by atoms with van der Waals surface area (Å²) in [5.41, 5.74) is 15.9. The van der Waals surface area contributed by atoms with E-state index in [1.54, 1.807) is 0 Å². The van der Waals surface area contributed by atoms with Gasteiger partial charge in [0, 0.05) is 10.8 Å². The third kappa shape index (κ3) is 4.53. The van der Waals surface area contributed by atoms with E-state index in [0.717, 1.165) is 12.8 Å². The predicted octanol–water partition coefficient (Wildman–Crippen LogP) is 14.4. The van der Waals surface area contributed by atoms with Gasteiger partial charge < -0.3 is 0 Å². The second-order valence-electron chi connectivity index (χ2n) is 17.8. The van der Waals surface area contributed by atoms with Crippen LogP contribution in [0.3, 0.4) is 0 Å². The van der Waals surface area contributed by atoms with Crippen LogP contribution in [0.15, 0.2) is 170 Å². The molecule has 2 heterocycles. The third-order valence-electron chi connectivity index (χ3n) is 14.9. The number of nitrogens with zero attached hydrogens (tertiary/aromatic N) is 2. The van der Waals surface area contributed by atoms with E-state index >= 15 is 0 Å². The van der Waals surface area contributed by atoms with Crippen LogP contribution in [0.5, 0.6) is 0 Å². The topological polar surface area (TPSA) is 6.48 Å². The number of hydrogen-bond acceptors (Lipinski definition) is 2. The molecule has 0 aromatic heterocycles. The average molecular weight is 848 g/mol. The number of fused-ring (bicyclic) bond motifs is 9. The molecule has 13 rings (SSSR count). The standard InChI is InChI=1S/C58H44N2Se/c1-5-58(6-2)43-22-8-7-17-35(43)42-33-46-52(34-45(42)58)59(49-24-10-9-23-44(49)57(46,3)4)47-31-29-38-37-19-16-21-41-48(32-30-39(56(37)41)36-18-15-20-40(47)55(36)38)60-50-25-11-13-27-53(50)61-54-28-14-12-26-51(54)60/h7-34H,5-6H2,1-4H3. The first kappa shape index (κ1) is 35.4. The SMILES string of the molecule is CCC1(CC)c2ccccc2-c2cc3c(cc21)N(c1ccc2c4cccc5c(N6c7ccccc7[Se]c7ccccc76)ccc(c6cccc1c62)c54)c1ccccc1C3(C)C. The maximum Gasteiger partial charge on any atom is 0.0502 e. The molecule has 10 aromatic rings. The van der Waals surface area contributed by atoms with Gasteiger partial charge >= 0.3 is 209 Å². The van der Waals surface area contributed by atoms with Crippen LogP contribution in [0.4, 0.5) is 34.1 Å². The summed E-state index contributed by atoms with van der Waals surface area (Å²) in [7, 11) is 0. The summed E-state index contributed by atoms with van der Waals surface area (Å²) in [5.74, 6) is 0. The summed E-state index contributed by atoms with van der Waals surface area (Å²) in [6.45, 7) is 9.61. The molecule has 0 saturated heterocycles. The van der Waals surface area contributed by atoms with E-state index in [0.29, 0.717) is 0 Å². The fourth-order valence-corrected chi connectivity index (χ4v) is 14.2. The van der Waals surface area contributed by atoms with Crippen molar-refractivity contribution in [2.24, 2.45) is 0 Å². The van der Waals surface area contributed by atoms with E-state index in [1.165, 1.54) is 120 Å². The summed E-state index contributed by atoms with van der Waals surface area (Å²) >= 11 is 0.258. The molecule has 3 aliphatic rings. The molecule has 0 bridgehead atoms. The summed E-state index contributed by atoms with van der Waals surface area (Å²) in [6.07, 6.45) is 2.13. The number of anilines is 6. The van der Waals surface area contributed by atoms with Gasteiger partial charge in [0.15, 0.2) is 0 Å². The molecule has 0 N–H and O–H groups in total. The van der Waals surface area contributed by atoms with Crippen LogP contribution in [-0.2, 0) is 10.8 Å². The Morgan fingerprint density at radius 3 is 1.48 bits per heavy atom. The second kappa shape index (κ2) is 12.6. The van der Waals surface area contributed by atoms with Gasteiger partial charge in [0.1, 0.15) is 0 Å². The van der Waals surface area contributed by atoms with Crippen molar-refractivity contribution in [3.63, 3.8) is 0 Å². The Balaban J connectivity index is 1.07. The van der Waals surface area contributed by atoms with Crippen molar-refractivity contribution in [1.29, 1.82) is 0 Å². The Kier molecular flexibility index (Phi) is 7.30. The zero-order valence-corrected chi connectivity index (χ0v) is 36.6. The minimum atomic E-state index is -0.189. The Morgan fingerprint density at radius 1 is 0.377 bits per heavy atom. The Bertz CT molecular complexity index is 3420. The average Bonchev–Trinajstić information content (AvgIpc) is 3.58. The zero-order valence-electron chi connectivity index (χ0n) is 34.9. The molecular formula is C58H44N2Se. The molecule has 0 unspecified atom stereocenters. The molecule has 2 nitrogen and oxygen atoms in total. The second-order valence-corrected chi connectivity index (χ2v) is 20.1. The van der Waals surface area contributed by atoms with Gasteiger partial charge in [-0.3, -0.25) is 0 Å². The summed E-state index contributed by atoms with van der Waals surface area (Å²) < 4.78 is 2.84. The van der Waals surface area contributed by atoms with Gasteiger partial charge in [-0.15, -0.1) is 0 Å². The van der Waals surface area contributed by atoms with Gasteiger partial charge in [0.05, 0.1) is 11.4 Å². The van der Waals surface area contributed by atoms with Crippen molar-refractivity contribution in [3.05, 3.63) is 192 Å². The summed E-state index contributed by atoms with van der Waals surface area (Å²) in [4.78, 5) is 5.13. The van der Waals surface area contributed by atoms with Crippen LogP contribution in [0.2, 0.25) is 0 Å². The first-order valence-electron chi connectivity index (χ1n) is 21.9. The first-order valence-corrected chi connectivity index (χ1v) is 23.6. The van der Waals surface area contributed by atoms with Crippen molar-refractivity contribution < 1.29 is 0 Å². The molecule has 3 heteroatoms. The van der Waals surface area contributed by atoms with Crippen LogP contribution in [0, 0.1) is 0 Å². The van der Waals surface area contributed by atoms with E-state index in [9.17, 15) is 0 Å². The molecule has 61 heavy (non-hydrogen) atoms. The van der Waals surface area contributed by atoms with Crippen LogP contribution in [0.25, 0.3) is 54.2 Å². The third-order valence-corrected chi connectivity index (χ3v) is 17.2. The summed E-state index contributed by atoms with van der Waals surface area (Å²) in [6, 6.07) is 65.1. The zero-order chi connectivity index (χ0) is 40.8. The van der Waals surface area contributed by atoms with Gasteiger partial charge in [-0.05, 0) is 64.4 Å². The maximum absolute atomic E-state index is 2.62. The van der Waals surface area contributed by atoms with Gasteiger partial charge in [-0.1, -0.05) is 70.2 Å². The van der Waals surface area contributed by atoms with Crippen LogP contribution in [0.1, 0.15) is 62.8 Å². The van der Waals surface area contributed by atoms with Crippen molar-refractivity contribution >= 4 is 101 Å². The quantitative estimate of drug-likeness (QED) is 0.0989. The van der Waals surface area contributed by atoms with E-state index in [2.05, 4.69) is 207 Å². The minimum Gasteiger partial charge on any atom is -0.0618 e. The van der Waals surface area contributed by atoms with Gasteiger partial charge in [-0.25, -0.2) is 0 Å². The molecule has 0 atom stereocenters. The molecule has 0 amide bonds. The molecule has 0 radical (unpaired) electrons. The van der Waals surface area contributed by atoms with Gasteiger partial charge in [0.2, 0.25) is 0 Å². The molecule has 2 aliphatic heterocycles. The predicted molar refractivity (Wildman–Crippen MR) is 261 cm³/mol. The van der Waals surface area contributed by atoms with E-state index in [1.807, 2.05) is 0 Å². The number of benzene rings is 10. The molecule has 0 spiro atoms. The fourth-order valence-electron chi connectivity index (χ4n) is 12.0. The molecule has 292 valence electrons. The molecular weight excluding hydrogens is 804 g/mol. The van der Waals surface area contributed by atoms with Crippen LogP contribution < -0.4 is 18.7 Å². The van der Waals surface area contributed by atoms with Crippen molar-refractivity contribution in [2.75, 3.05) is 9.80 Å². The van der Waals surface area contributed by atoms with E-state index < -0.39 is 0 Å². The smallest absolute Gasteiger partial charge is 0.0502 e. The fraction of sp³-hybridized carbons (Fsp3) is 0.138. The minimum absolute atomic E-state index is 0.0197. The molecule has 0 fully saturated rings. The number of hydrogen-bond donors (Lipinski definition) is 0. The monoisotopic (exact) mass is 848 g/mol. The van der Waals surface area contributed by atoms with Gasteiger partial charge in [0.25, 0.3) is 0 Å². The molecule has 1 aliphatic carbocycles. The Labute approximate surface area is 363 Å².